The number of fused-ring (bicyclic) bond motifs is 2. The van der Waals surface area contributed by atoms with Crippen molar-refractivity contribution in [3.8, 4) is 0 Å². The lowest BCUT2D eigenvalue weighted by Gasteiger charge is -2.29. The number of hydrogen-bond donors (Lipinski definition) is 1. The molecule has 12 heteroatoms. The number of para-hydroxylation sites is 1. The van der Waals surface area contributed by atoms with Crippen LogP contribution in [-0.2, 0) is 25.7 Å². The van der Waals surface area contributed by atoms with Gasteiger partial charge in [-0.1, -0.05) is 31.5 Å². The van der Waals surface area contributed by atoms with Crippen LogP contribution in [0.2, 0.25) is 0 Å². The van der Waals surface area contributed by atoms with E-state index in [1.165, 1.54) is 11.3 Å². The molecular formula is C22H20F3N7OS. The van der Waals surface area contributed by atoms with Crippen LogP contribution in [0.5, 0.6) is 0 Å². The van der Waals surface area contributed by atoms with Crippen LogP contribution < -0.4 is 10.2 Å². The zero-order valence-electron chi connectivity index (χ0n) is 18.1. The Balaban J connectivity index is 1.53. The number of amides is 1. The Morgan fingerprint density at radius 1 is 1.15 bits per heavy atom. The first-order valence-corrected chi connectivity index (χ1v) is 11.6. The molecule has 3 aromatic heterocycles. The maximum atomic E-state index is 13.2. The summed E-state index contributed by atoms with van der Waals surface area (Å²) in [6.07, 6.45) is -2.76. The first-order valence-electron chi connectivity index (χ1n) is 10.7. The molecule has 176 valence electrons. The summed E-state index contributed by atoms with van der Waals surface area (Å²) in [4.78, 5) is 25.6. The molecular weight excluding hydrogens is 467 g/mol. The molecule has 4 aromatic rings. The number of carbonyl (C=O) groups excluding carboxylic acids is 1. The molecule has 0 spiro atoms. The number of hydrogen-bond acceptors (Lipinski definition) is 7. The molecule has 0 radical (unpaired) electrons. The molecule has 0 saturated carbocycles. The monoisotopic (exact) mass is 487 g/mol. The molecule has 5 rings (SSSR count). The van der Waals surface area contributed by atoms with Crippen LogP contribution in [-0.4, -0.2) is 37.2 Å². The van der Waals surface area contributed by atoms with Crippen molar-refractivity contribution >= 4 is 39.0 Å². The highest BCUT2D eigenvalue weighted by atomic mass is 32.1. The number of rotatable bonds is 5. The lowest BCUT2D eigenvalue weighted by Crippen LogP contribution is -2.36. The van der Waals surface area contributed by atoms with Crippen LogP contribution in [0.1, 0.15) is 40.5 Å². The summed E-state index contributed by atoms with van der Waals surface area (Å²) in [6, 6.07) is 11.0. The smallest absolute Gasteiger partial charge is 0.347 e. The van der Waals surface area contributed by atoms with Crippen molar-refractivity contribution in [3.63, 3.8) is 0 Å². The van der Waals surface area contributed by atoms with Gasteiger partial charge in [0.15, 0.2) is 5.82 Å². The number of alkyl halides is 3. The van der Waals surface area contributed by atoms with Gasteiger partial charge in [-0.3, -0.25) is 4.79 Å². The quantitative estimate of drug-likeness (QED) is 0.445. The number of nitrogens with zero attached hydrogens (tertiary/aromatic N) is 6. The first-order chi connectivity index (χ1) is 16.3. The zero-order chi connectivity index (χ0) is 23.9. The second-order valence-corrected chi connectivity index (χ2v) is 9.00. The van der Waals surface area contributed by atoms with E-state index in [0.29, 0.717) is 16.3 Å². The molecule has 1 aliphatic rings. The molecule has 4 heterocycles. The Kier molecular flexibility index (Phi) is 5.68. The van der Waals surface area contributed by atoms with Gasteiger partial charge < -0.3 is 14.8 Å². The number of halogens is 3. The van der Waals surface area contributed by atoms with Gasteiger partial charge in [-0.05, 0) is 24.6 Å². The zero-order valence-corrected chi connectivity index (χ0v) is 18.9. The molecule has 34 heavy (non-hydrogen) atoms. The van der Waals surface area contributed by atoms with E-state index in [-0.39, 0.29) is 31.3 Å². The average Bonchev–Trinajstić information content (AvgIpc) is 3.42. The third-order valence-electron chi connectivity index (χ3n) is 5.46. The van der Waals surface area contributed by atoms with Gasteiger partial charge in [0.2, 0.25) is 11.6 Å². The molecule has 0 fully saturated rings. The molecule has 1 amide bonds. The second kappa shape index (κ2) is 8.67. The highest BCUT2D eigenvalue weighted by Gasteiger charge is 2.39. The molecule has 0 aliphatic carbocycles. The lowest BCUT2D eigenvalue weighted by atomic mass is 10.2. The van der Waals surface area contributed by atoms with Crippen molar-refractivity contribution in [1.82, 2.24) is 24.7 Å². The summed E-state index contributed by atoms with van der Waals surface area (Å²) >= 11 is 1.49. The van der Waals surface area contributed by atoms with Crippen LogP contribution in [0.25, 0.3) is 10.2 Å². The fourth-order valence-corrected chi connectivity index (χ4v) is 5.05. The lowest BCUT2D eigenvalue weighted by molar-refractivity contribution is -0.147. The third kappa shape index (κ3) is 4.20. The van der Waals surface area contributed by atoms with Crippen molar-refractivity contribution in [2.45, 2.75) is 39.0 Å². The number of benzene rings is 1. The Labute approximate surface area is 196 Å². The molecule has 1 aliphatic heterocycles. The molecule has 0 atom stereocenters. The molecule has 8 nitrogen and oxygen atoms in total. The van der Waals surface area contributed by atoms with Gasteiger partial charge in [-0.2, -0.15) is 13.2 Å². The number of carbonyl (C=O) groups is 1. The highest BCUT2D eigenvalue weighted by Crippen LogP contribution is 2.35. The van der Waals surface area contributed by atoms with Gasteiger partial charge in [-0.15, -0.1) is 21.5 Å². The number of aromatic nitrogens is 5. The Morgan fingerprint density at radius 2 is 1.94 bits per heavy atom. The first kappa shape index (κ1) is 22.3. The number of nitrogens with one attached hydrogen (secondary N) is 1. The highest BCUT2D eigenvalue weighted by molar-refractivity contribution is 7.18. The summed E-state index contributed by atoms with van der Waals surface area (Å²) in [5, 5.41) is 10.7. The van der Waals surface area contributed by atoms with Crippen LogP contribution >= 0.6 is 11.3 Å². The fraction of sp³-hybridized carbons (Fsp3) is 0.318. The molecule has 0 unspecified atom stereocenters. The molecule has 0 bridgehead atoms. The van der Waals surface area contributed by atoms with E-state index < -0.39 is 17.9 Å². The average molecular weight is 488 g/mol. The van der Waals surface area contributed by atoms with Gasteiger partial charge in [0, 0.05) is 23.7 Å². The van der Waals surface area contributed by atoms with Gasteiger partial charge in [0.25, 0.3) is 5.91 Å². The summed E-state index contributed by atoms with van der Waals surface area (Å²) in [7, 11) is 0. The van der Waals surface area contributed by atoms with Gasteiger partial charge in [0.05, 0.1) is 11.9 Å². The molecule has 1 N–H and O–H groups in total. The van der Waals surface area contributed by atoms with Crippen molar-refractivity contribution in [2.75, 3.05) is 16.8 Å². The third-order valence-corrected chi connectivity index (χ3v) is 6.55. The van der Waals surface area contributed by atoms with Crippen molar-refractivity contribution in [1.29, 1.82) is 0 Å². The summed E-state index contributed by atoms with van der Waals surface area (Å²) in [5.41, 5.74) is 0.612. The standard InChI is InChI=1S/C22H20F3N7OS/c1-2-6-14-11-15-18(31-9-10-32-16(12-31)29-30-21(32)22(23,24)25)27-17(28-20(15)34-14)19(33)26-13-7-4-3-5-8-13/h3-5,7-8,11H,2,6,9-10,12H2,1H3,(H,26,33). The van der Waals surface area contributed by atoms with Gasteiger partial charge in [-0.25, -0.2) is 9.97 Å². The minimum atomic E-state index is -4.57. The normalized spacial score (nSPS) is 13.8. The maximum absolute atomic E-state index is 13.2. The second-order valence-electron chi connectivity index (χ2n) is 7.88. The minimum absolute atomic E-state index is 0.000674. The molecule has 0 saturated heterocycles. The number of anilines is 2. The largest absolute Gasteiger partial charge is 0.451 e. The summed E-state index contributed by atoms with van der Waals surface area (Å²) in [6.45, 7) is 2.48. The maximum Gasteiger partial charge on any atom is 0.451 e. The van der Waals surface area contributed by atoms with Crippen LogP contribution in [0.4, 0.5) is 24.7 Å². The van der Waals surface area contributed by atoms with Crippen molar-refractivity contribution in [2.24, 2.45) is 0 Å². The number of thiophene rings is 1. The van der Waals surface area contributed by atoms with E-state index in [1.54, 1.807) is 24.3 Å². The Bertz CT molecular complexity index is 1350. The Morgan fingerprint density at radius 3 is 2.68 bits per heavy atom. The van der Waals surface area contributed by atoms with E-state index in [4.69, 9.17) is 0 Å². The SMILES string of the molecule is CCCc1cc2c(N3CCn4c(nnc4C(F)(F)F)C3)nc(C(=O)Nc3ccccc3)nc2s1. The van der Waals surface area contributed by atoms with Crippen molar-refractivity contribution < 1.29 is 18.0 Å². The number of aryl methyl sites for hydroxylation is 1. The van der Waals surface area contributed by atoms with E-state index in [0.717, 1.165) is 27.7 Å². The minimum Gasteiger partial charge on any atom is -0.347 e. The molecule has 1 aromatic carbocycles. The summed E-state index contributed by atoms with van der Waals surface area (Å²) in [5.74, 6) is -0.758. The van der Waals surface area contributed by atoms with Crippen LogP contribution in [0, 0.1) is 0 Å². The van der Waals surface area contributed by atoms with E-state index in [9.17, 15) is 18.0 Å². The van der Waals surface area contributed by atoms with Gasteiger partial charge in [0.1, 0.15) is 10.6 Å². The van der Waals surface area contributed by atoms with Gasteiger partial charge >= 0.3 is 6.18 Å². The van der Waals surface area contributed by atoms with E-state index in [1.807, 2.05) is 17.0 Å². The fourth-order valence-electron chi connectivity index (χ4n) is 3.93. The van der Waals surface area contributed by atoms with E-state index in [2.05, 4.69) is 32.4 Å². The predicted octanol–water partition coefficient (Wildman–Crippen LogP) is 4.53. The van der Waals surface area contributed by atoms with Crippen molar-refractivity contribution in [3.05, 3.63) is 58.7 Å². The van der Waals surface area contributed by atoms with Crippen LogP contribution in [0.3, 0.4) is 0 Å². The Hall–Kier alpha value is -3.54. The van der Waals surface area contributed by atoms with Crippen LogP contribution in [0.15, 0.2) is 36.4 Å². The predicted molar refractivity (Wildman–Crippen MR) is 122 cm³/mol. The topological polar surface area (TPSA) is 88.8 Å². The van der Waals surface area contributed by atoms with E-state index >= 15 is 0 Å². The summed E-state index contributed by atoms with van der Waals surface area (Å²) < 4.78 is 40.8.